The molecule has 3 heterocycles. The summed E-state index contributed by atoms with van der Waals surface area (Å²) in [5.41, 5.74) is 1.07. The summed E-state index contributed by atoms with van der Waals surface area (Å²) in [4.78, 5) is 16.3. The summed E-state index contributed by atoms with van der Waals surface area (Å²) in [6.45, 7) is 1.80. The fourth-order valence-electron chi connectivity index (χ4n) is 2.21. The molecule has 2 aromatic rings. The van der Waals surface area contributed by atoms with E-state index in [4.69, 9.17) is 0 Å². The Balaban J connectivity index is 2.17. The van der Waals surface area contributed by atoms with Crippen LogP contribution in [0.25, 0.3) is 5.65 Å². The van der Waals surface area contributed by atoms with Crippen LogP contribution < -0.4 is 10.9 Å². The summed E-state index contributed by atoms with van der Waals surface area (Å²) >= 11 is 0. The molecule has 1 saturated heterocycles. The first kappa shape index (κ1) is 10.4. The molecule has 0 saturated carbocycles. The molecule has 5 heteroatoms. The molecule has 1 fully saturated rings. The summed E-state index contributed by atoms with van der Waals surface area (Å²) in [7, 11) is 0. The van der Waals surface area contributed by atoms with Gasteiger partial charge in [-0.05, 0) is 25.1 Å². The summed E-state index contributed by atoms with van der Waals surface area (Å²) < 4.78 is 14.3. The van der Waals surface area contributed by atoms with Gasteiger partial charge in [0.25, 0.3) is 5.56 Å². The van der Waals surface area contributed by atoms with Crippen LogP contribution in [-0.2, 0) is 0 Å². The van der Waals surface area contributed by atoms with Crippen molar-refractivity contribution in [3.05, 3.63) is 46.3 Å². The lowest BCUT2D eigenvalue weighted by molar-refractivity contribution is 0.616. The van der Waals surface area contributed by atoms with E-state index in [2.05, 4.69) is 10.3 Å². The lowest BCUT2D eigenvalue weighted by Gasteiger charge is -2.08. The minimum Gasteiger partial charge on any atom is -0.316 e. The quantitative estimate of drug-likeness (QED) is 0.796. The number of hydrogen-bond acceptors (Lipinski definition) is 3. The highest BCUT2D eigenvalue weighted by Gasteiger charge is 2.19. The fourth-order valence-corrected chi connectivity index (χ4v) is 2.21. The van der Waals surface area contributed by atoms with Crippen molar-refractivity contribution in [2.75, 3.05) is 13.1 Å². The molecule has 0 aliphatic carbocycles. The first-order chi connectivity index (χ1) is 8.24. The van der Waals surface area contributed by atoms with Crippen LogP contribution in [0.4, 0.5) is 4.39 Å². The van der Waals surface area contributed by atoms with Crippen LogP contribution in [0.15, 0.2) is 29.2 Å². The Morgan fingerprint density at radius 3 is 3.12 bits per heavy atom. The van der Waals surface area contributed by atoms with Crippen molar-refractivity contribution < 1.29 is 4.39 Å². The monoisotopic (exact) mass is 233 g/mol. The standard InChI is InChI=1S/C12H12FN3O/c13-9-1-2-11-15-10(8-3-4-14-6-8)5-12(17)16(11)7-9/h1-2,5,7-8,14H,3-4,6H2. The molecule has 0 spiro atoms. The topological polar surface area (TPSA) is 46.4 Å². The van der Waals surface area contributed by atoms with Gasteiger partial charge in [0.1, 0.15) is 11.5 Å². The number of pyridine rings is 1. The van der Waals surface area contributed by atoms with E-state index in [-0.39, 0.29) is 11.5 Å². The third-order valence-corrected chi connectivity index (χ3v) is 3.12. The molecule has 1 aliphatic rings. The molecule has 1 atom stereocenters. The van der Waals surface area contributed by atoms with E-state index >= 15 is 0 Å². The predicted octanol–water partition coefficient (Wildman–Crippen LogP) is 0.910. The second-order valence-corrected chi connectivity index (χ2v) is 4.28. The van der Waals surface area contributed by atoms with Crippen LogP contribution in [0.3, 0.4) is 0 Å². The van der Waals surface area contributed by atoms with Gasteiger partial charge in [-0.3, -0.25) is 9.20 Å². The number of hydrogen-bond donors (Lipinski definition) is 1. The lowest BCUT2D eigenvalue weighted by atomic mass is 10.1. The first-order valence-corrected chi connectivity index (χ1v) is 5.63. The van der Waals surface area contributed by atoms with Gasteiger partial charge in [0.15, 0.2) is 0 Å². The molecular formula is C12H12FN3O. The zero-order valence-corrected chi connectivity index (χ0v) is 9.19. The molecule has 1 aliphatic heterocycles. The Morgan fingerprint density at radius 1 is 1.47 bits per heavy atom. The van der Waals surface area contributed by atoms with Gasteiger partial charge in [-0.25, -0.2) is 9.37 Å². The Bertz CT molecular complexity index is 617. The summed E-state index contributed by atoms with van der Waals surface area (Å²) in [5.74, 6) is -0.144. The maximum Gasteiger partial charge on any atom is 0.258 e. The van der Waals surface area contributed by atoms with Gasteiger partial charge in [0.05, 0.1) is 5.69 Å². The highest BCUT2D eigenvalue weighted by molar-refractivity contribution is 5.39. The van der Waals surface area contributed by atoms with Crippen molar-refractivity contribution in [1.82, 2.24) is 14.7 Å². The fraction of sp³-hybridized carbons (Fsp3) is 0.333. The molecule has 3 rings (SSSR count). The first-order valence-electron chi connectivity index (χ1n) is 5.63. The highest BCUT2D eigenvalue weighted by Crippen LogP contribution is 2.19. The molecule has 2 aromatic heterocycles. The number of aromatic nitrogens is 2. The van der Waals surface area contributed by atoms with Gasteiger partial charge in [0.2, 0.25) is 0 Å². The van der Waals surface area contributed by atoms with Gasteiger partial charge in [-0.2, -0.15) is 0 Å². The number of fused-ring (bicyclic) bond motifs is 1. The van der Waals surface area contributed by atoms with Crippen molar-refractivity contribution in [3.63, 3.8) is 0 Å². The van der Waals surface area contributed by atoms with Crippen LogP contribution in [0, 0.1) is 5.82 Å². The summed E-state index contributed by atoms with van der Waals surface area (Å²) in [6.07, 6.45) is 2.16. The SMILES string of the molecule is O=c1cc(C2CCNC2)nc2ccc(F)cn12. The molecule has 1 N–H and O–H groups in total. The zero-order valence-electron chi connectivity index (χ0n) is 9.19. The van der Waals surface area contributed by atoms with Crippen molar-refractivity contribution in [2.24, 2.45) is 0 Å². The van der Waals surface area contributed by atoms with Gasteiger partial charge < -0.3 is 5.32 Å². The molecule has 17 heavy (non-hydrogen) atoms. The second-order valence-electron chi connectivity index (χ2n) is 4.28. The molecule has 0 bridgehead atoms. The second kappa shape index (κ2) is 3.92. The summed E-state index contributed by atoms with van der Waals surface area (Å²) in [6, 6.07) is 4.35. The van der Waals surface area contributed by atoms with Crippen LogP contribution in [0.2, 0.25) is 0 Å². The van der Waals surface area contributed by atoms with E-state index in [1.54, 1.807) is 0 Å². The van der Waals surface area contributed by atoms with E-state index < -0.39 is 5.82 Å². The Morgan fingerprint density at radius 2 is 2.35 bits per heavy atom. The van der Waals surface area contributed by atoms with Crippen molar-refractivity contribution in [1.29, 1.82) is 0 Å². The molecule has 1 unspecified atom stereocenters. The largest absolute Gasteiger partial charge is 0.316 e. The van der Waals surface area contributed by atoms with Crippen molar-refractivity contribution in [3.8, 4) is 0 Å². The predicted molar refractivity (Wildman–Crippen MR) is 61.6 cm³/mol. The molecular weight excluding hydrogens is 221 g/mol. The Labute approximate surface area is 97.1 Å². The average Bonchev–Trinajstić information content (AvgIpc) is 2.83. The minimum absolute atomic E-state index is 0.226. The highest BCUT2D eigenvalue weighted by atomic mass is 19.1. The van der Waals surface area contributed by atoms with Gasteiger partial charge in [0, 0.05) is 24.7 Å². The molecule has 88 valence electrons. The molecule has 0 radical (unpaired) electrons. The van der Waals surface area contributed by atoms with Crippen LogP contribution in [-0.4, -0.2) is 22.5 Å². The Hall–Kier alpha value is -1.75. The number of nitrogens with zero attached hydrogens (tertiary/aromatic N) is 2. The van der Waals surface area contributed by atoms with Crippen molar-refractivity contribution in [2.45, 2.75) is 12.3 Å². The van der Waals surface area contributed by atoms with Crippen LogP contribution in [0.5, 0.6) is 0 Å². The molecule has 4 nitrogen and oxygen atoms in total. The maximum absolute atomic E-state index is 13.0. The smallest absolute Gasteiger partial charge is 0.258 e. The van der Waals surface area contributed by atoms with Gasteiger partial charge in [-0.1, -0.05) is 0 Å². The van der Waals surface area contributed by atoms with Crippen molar-refractivity contribution >= 4 is 5.65 Å². The normalized spacial score (nSPS) is 19.9. The van der Waals surface area contributed by atoms with Crippen LogP contribution in [0.1, 0.15) is 18.0 Å². The number of nitrogens with one attached hydrogen (secondary N) is 1. The summed E-state index contributed by atoms with van der Waals surface area (Å²) in [5, 5.41) is 3.24. The minimum atomic E-state index is -0.434. The van der Waals surface area contributed by atoms with E-state index in [0.29, 0.717) is 5.65 Å². The lowest BCUT2D eigenvalue weighted by Crippen LogP contribution is -2.18. The molecule has 0 amide bonds. The van der Waals surface area contributed by atoms with Gasteiger partial charge in [-0.15, -0.1) is 0 Å². The average molecular weight is 233 g/mol. The Kier molecular flexibility index (Phi) is 2.40. The van der Waals surface area contributed by atoms with E-state index in [1.807, 2.05) is 0 Å². The zero-order chi connectivity index (χ0) is 11.8. The number of rotatable bonds is 1. The third kappa shape index (κ3) is 1.82. The van der Waals surface area contributed by atoms with E-state index in [9.17, 15) is 9.18 Å². The third-order valence-electron chi connectivity index (χ3n) is 3.12. The van der Waals surface area contributed by atoms with E-state index in [0.717, 1.165) is 25.2 Å². The van der Waals surface area contributed by atoms with Gasteiger partial charge >= 0.3 is 0 Å². The van der Waals surface area contributed by atoms with Crippen LogP contribution >= 0.6 is 0 Å². The maximum atomic E-state index is 13.0. The molecule has 0 aromatic carbocycles. The number of halogens is 1. The van der Waals surface area contributed by atoms with E-state index in [1.165, 1.54) is 28.8 Å².